The lowest BCUT2D eigenvalue weighted by Crippen LogP contribution is -2.09. The fourth-order valence-corrected chi connectivity index (χ4v) is 3.03. The topological polar surface area (TPSA) is 34.9 Å². The zero-order valence-electron chi connectivity index (χ0n) is 10.4. The maximum Gasteiger partial charge on any atom is 0.181 e. The molecule has 2 heterocycles. The number of rotatable bonds is 5. The molecule has 2 rings (SSSR count). The fraction of sp³-hybridized carbons (Fsp3) is 0.385. The molecule has 0 aliphatic rings. The van der Waals surface area contributed by atoms with Gasteiger partial charge < -0.3 is 4.57 Å². The first-order chi connectivity index (χ1) is 8.63. The first-order valence-electron chi connectivity index (χ1n) is 5.90. The van der Waals surface area contributed by atoms with Crippen LogP contribution in [-0.2, 0) is 13.0 Å². The molecule has 5 heteroatoms. The minimum atomic E-state index is 0.0432. The van der Waals surface area contributed by atoms with Crippen molar-refractivity contribution in [1.29, 1.82) is 0 Å². The number of halogens is 1. The molecular weight excluding hydrogens is 268 g/mol. The van der Waals surface area contributed by atoms with Crippen molar-refractivity contribution < 1.29 is 4.79 Å². The van der Waals surface area contributed by atoms with Crippen LogP contribution in [0.3, 0.4) is 0 Å². The van der Waals surface area contributed by atoms with E-state index >= 15 is 0 Å². The molecule has 0 aliphatic carbocycles. The number of hydrogen-bond acceptors (Lipinski definition) is 3. The van der Waals surface area contributed by atoms with E-state index in [0.717, 1.165) is 24.4 Å². The predicted molar refractivity (Wildman–Crippen MR) is 74.6 cm³/mol. The Morgan fingerprint density at radius 3 is 2.94 bits per heavy atom. The van der Waals surface area contributed by atoms with Gasteiger partial charge in [0.1, 0.15) is 5.82 Å². The van der Waals surface area contributed by atoms with E-state index in [0.29, 0.717) is 16.3 Å². The van der Waals surface area contributed by atoms with Crippen LogP contribution in [0.4, 0.5) is 0 Å². The van der Waals surface area contributed by atoms with E-state index in [1.807, 2.05) is 23.1 Å². The summed E-state index contributed by atoms with van der Waals surface area (Å²) in [5, 5.41) is 2.49. The number of hydrogen-bond donors (Lipinski definition) is 0. The monoisotopic (exact) mass is 282 g/mol. The first-order valence-corrected chi connectivity index (χ1v) is 7.16. The highest BCUT2D eigenvalue weighted by Gasteiger charge is 2.17. The molecule has 0 unspecified atom stereocenters. The second-order valence-electron chi connectivity index (χ2n) is 4.20. The summed E-state index contributed by atoms with van der Waals surface area (Å²) in [4.78, 5) is 17.1. The molecule has 18 heavy (non-hydrogen) atoms. The van der Waals surface area contributed by atoms with E-state index in [9.17, 15) is 4.79 Å². The van der Waals surface area contributed by atoms with Crippen LogP contribution in [0, 0.1) is 6.92 Å². The number of imidazole rings is 1. The summed E-state index contributed by atoms with van der Waals surface area (Å²) in [5.41, 5.74) is 0.960. The van der Waals surface area contributed by atoms with Gasteiger partial charge in [0.05, 0.1) is 16.3 Å². The van der Waals surface area contributed by atoms with Crippen molar-refractivity contribution in [2.45, 2.75) is 33.2 Å². The number of carbonyl (C=O) groups excluding carboxylic acids is 1. The Labute approximate surface area is 115 Å². The Balaban J connectivity index is 2.16. The molecule has 3 nitrogen and oxygen atoms in total. The van der Waals surface area contributed by atoms with Crippen molar-refractivity contribution >= 4 is 28.7 Å². The van der Waals surface area contributed by atoms with Gasteiger partial charge in [-0.3, -0.25) is 4.79 Å². The lowest BCUT2D eigenvalue weighted by atomic mass is 10.2. The largest absolute Gasteiger partial charge is 0.335 e. The molecule has 0 N–H and O–H groups in total. The van der Waals surface area contributed by atoms with Gasteiger partial charge in [-0.1, -0.05) is 18.5 Å². The number of Topliss-reactive ketones (excluding diaryl/α,β-unsaturated/α-hetero) is 1. The van der Waals surface area contributed by atoms with Crippen molar-refractivity contribution in [3.05, 3.63) is 39.1 Å². The summed E-state index contributed by atoms with van der Waals surface area (Å²) in [7, 11) is 0. The third-order valence-electron chi connectivity index (χ3n) is 2.74. The van der Waals surface area contributed by atoms with Crippen LogP contribution in [0.2, 0.25) is 5.02 Å². The summed E-state index contributed by atoms with van der Waals surface area (Å²) in [5.74, 6) is 0.852. The number of nitrogens with zero attached hydrogens (tertiary/aromatic N) is 2. The van der Waals surface area contributed by atoms with Crippen molar-refractivity contribution in [3.8, 4) is 0 Å². The van der Waals surface area contributed by atoms with Crippen molar-refractivity contribution in [2.75, 3.05) is 0 Å². The van der Waals surface area contributed by atoms with E-state index in [4.69, 9.17) is 11.6 Å². The Hall–Kier alpha value is -1.13. The maximum atomic E-state index is 12.2. The van der Waals surface area contributed by atoms with Gasteiger partial charge in [0, 0.05) is 18.9 Å². The Morgan fingerprint density at radius 1 is 1.56 bits per heavy atom. The number of carbonyl (C=O) groups is 1. The summed E-state index contributed by atoms with van der Waals surface area (Å²) < 4.78 is 2.02. The highest BCUT2D eigenvalue weighted by atomic mass is 35.5. The van der Waals surface area contributed by atoms with Crippen molar-refractivity contribution in [1.82, 2.24) is 9.55 Å². The number of aromatic nitrogens is 2. The van der Waals surface area contributed by atoms with Gasteiger partial charge in [-0.15, -0.1) is 11.3 Å². The molecule has 0 aliphatic heterocycles. The van der Waals surface area contributed by atoms with Crippen LogP contribution in [-0.4, -0.2) is 15.3 Å². The molecule has 0 radical (unpaired) electrons. The van der Waals surface area contributed by atoms with Gasteiger partial charge in [-0.2, -0.15) is 0 Å². The summed E-state index contributed by atoms with van der Waals surface area (Å²) >= 11 is 7.51. The normalized spacial score (nSPS) is 10.8. The van der Waals surface area contributed by atoms with Gasteiger partial charge in [-0.25, -0.2) is 4.98 Å². The van der Waals surface area contributed by atoms with Gasteiger partial charge in [-0.05, 0) is 24.3 Å². The summed E-state index contributed by atoms with van der Waals surface area (Å²) in [6, 6.07) is 0. The number of aryl methyl sites for hydroxylation is 2. The molecule has 0 spiro atoms. The van der Waals surface area contributed by atoms with Gasteiger partial charge >= 0.3 is 0 Å². The predicted octanol–water partition coefficient (Wildman–Crippen LogP) is 3.74. The van der Waals surface area contributed by atoms with E-state index in [1.165, 1.54) is 11.3 Å². The van der Waals surface area contributed by atoms with E-state index < -0.39 is 0 Å². The zero-order chi connectivity index (χ0) is 13.1. The van der Waals surface area contributed by atoms with Crippen molar-refractivity contribution in [2.24, 2.45) is 0 Å². The molecular formula is C13H15ClN2OS. The molecule has 0 saturated carbocycles. The Kier molecular flexibility index (Phi) is 4.19. The molecule has 0 saturated heterocycles. The fourth-order valence-electron chi connectivity index (χ4n) is 1.79. The van der Waals surface area contributed by atoms with E-state index in [1.54, 1.807) is 6.20 Å². The van der Waals surface area contributed by atoms with Crippen LogP contribution in [0.5, 0.6) is 0 Å². The van der Waals surface area contributed by atoms with Crippen LogP contribution in [0.15, 0.2) is 17.8 Å². The SMILES string of the molecule is CCCn1ccnc1CC(=O)c1scc(C)c1Cl. The molecule has 0 bridgehead atoms. The molecule has 2 aromatic heterocycles. The highest BCUT2D eigenvalue weighted by Crippen LogP contribution is 2.28. The smallest absolute Gasteiger partial charge is 0.181 e. The Morgan fingerprint density at radius 2 is 2.33 bits per heavy atom. The third kappa shape index (κ3) is 2.65. The highest BCUT2D eigenvalue weighted by molar-refractivity contribution is 7.13. The lowest BCUT2D eigenvalue weighted by Gasteiger charge is -2.05. The molecule has 0 fully saturated rings. The van der Waals surface area contributed by atoms with Crippen LogP contribution >= 0.6 is 22.9 Å². The number of ketones is 1. The van der Waals surface area contributed by atoms with Gasteiger partial charge in [0.2, 0.25) is 0 Å². The van der Waals surface area contributed by atoms with Gasteiger partial charge in [0.15, 0.2) is 5.78 Å². The van der Waals surface area contributed by atoms with E-state index in [-0.39, 0.29) is 5.78 Å². The second kappa shape index (κ2) is 5.67. The molecule has 0 amide bonds. The van der Waals surface area contributed by atoms with Gasteiger partial charge in [0.25, 0.3) is 0 Å². The first kappa shape index (κ1) is 13.3. The standard InChI is InChI=1S/C13H15ClN2OS/c1-3-5-16-6-4-15-11(16)7-10(17)13-12(14)9(2)8-18-13/h4,6,8H,3,5,7H2,1-2H3. The minimum absolute atomic E-state index is 0.0432. The summed E-state index contributed by atoms with van der Waals surface area (Å²) in [6.45, 7) is 4.90. The quantitative estimate of drug-likeness (QED) is 0.783. The third-order valence-corrected chi connectivity index (χ3v) is 4.48. The molecule has 2 aromatic rings. The van der Waals surface area contributed by atoms with Crippen LogP contribution in [0.25, 0.3) is 0 Å². The number of thiophene rings is 1. The van der Waals surface area contributed by atoms with Crippen molar-refractivity contribution in [3.63, 3.8) is 0 Å². The summed E-state index contributed by atoms with van der Waals surface area (Å²) in [6.07, 6.45) is 4.98. The maximum absolute atomic E-state index is 12.2. The average molecular weight is 283 g/mol. The zero-order valence-corrected chi connectivity index (χ0v) is 12.0. The van der Waals surface area contributed by atoms with Crippen LogP contribution < -0.4 is 0 Å². The van der Waals surface area contributed by atoms with E-state index in [2.05, 4.69) is 11.9 Å². The Bertz CT molecular complexity index is 559. The second-order valence-corrected chi connectivity index (χ2v) is 5.46. The minimum Gasteiger partial charge on any atom is -0.335 e. The average Bonchev–Trinajstić information content (AvgIpc) is 2.89. The molecule has 0 aromatic carbocycles. The molecule has 96 valence electrons. The van der Waals surface area contributed by atoms with Crippen LogP contribution in [0.1, 0.15) is 34.4 Å². The molecule has 0 atom stereocenters. The lowest BCUT2D eigenvalue weighted by molar-refractivity contribution is 0.0993.